The molecule has 0 heterocycles. The van der Waals surface area contributed by atoms with E-state index in [1.165, 1.54) is 12.8 Å². The first kappa shape index (κ1) is 12.5. The van der Waals surface area contributed by atoms with Gasteiger partial charge in [0, 0.05) is 17.6 Å². The van der Waals surface area contributed by atoms with Crippen LogP contribution in [0.2, 0.25) is 5.02 Å². The first-order valence-electron chi connectivity index (χ1n) is 5.97. The fourth-order valence-corrected chi connectivity index (χ4v) is 2.40. The highest BCUT2D eigenvalue weighted by molar-refractivity contribution is 6.31. The summed E-state index contributed by atoms with van der Waals surface area (Å²) in [5.41, 5.74) is 6.48. The van der Waals surface area contributed by atoms with Crippen molar-refractivity contribution in [1.29, 1.82) is 0 Å². The molecule has 0 aliphatic heterocycles. The Labute approximate surface area is 107 Å². The van der Waals surface area contributed by atoms with Gasteiger partial charge in [-0.2, -0.15) is 0 Å². The first-order valence-corrected chi connectivity index (χ1v) is 6.35. The maximum atomic E-state index is 6.13. The Morgan fingerprint density at radius 1 is 1.29 bits per heavy atom. The zero-order valence-electron chi connectivity index (χ0n) is 10.0. The predicted octanol–water partition coefficient (Wildman–Crippen LogP) is 3.13. The van der Waals surface area contributed by atoms with E-state index < -0.39 is 0 Å². The van der Waals surface area contributed by atoms with Crippen molar-refractivity contribution in [1.82, 2.24) is 0 Å². The molecule has 1 saturated carbocycles. The van der Waals surface area contributed by atoms with Gasteiger partial charge in [0.15, 0.2) is 11.5 Å². The monoisotopic (exact) mass is 255 g/mol. The van der Waals surface area contributed by atoms with E-state index >= 15 is 0 Å². The average Bonchev–Trinajstić information content (AvgIpc) is 2.82. The van der Waals surface area contributed by atoms with Crippen LogP contribution in [0.4, 0.5) is 0 Å². The SMILES string of the molecule is COc1cc(CN)c(Cl)cc1OC1CCCC1. The van der Waals surface area contributed by atoms with Crippen molar-refractivity contribution in [2.75, 3.05) is 7.11 Å². The highest BCUT2D eigenvalue weighted by Crippen LogP contribution is 2.35. The van der Waals surface area contributed by atoms with Gasteiger partial charge >= 0.3 is 0 Å². The van der Waals surface area contributed by atoms with Gasteiger partial charge in [-0.15, -0.1) is 0 Å². The summed E-state index contributed by atoms with van der Waals surface area (Å²) in [5.74, 6) is 1.43. The molecule has 0 atom stereocenters. The molecule has 0 amide bonds. The summed E-state index contributed by atoms with van der Waals surface area (Å²) in [6, 6.07) is 3.66. The lowest BCUT2D eigenvalue weighted by molar-refractivity contribution is 0.200. The number of ether oxygens (including phenoxy) is 2. The Morgan fingerprint density at radius 2 is 2.00 bits per heavy atom. The molecule has 1 aromatic carbocycles. The highest BCUT2D eigenvalue weighted by atomic mass is 35.5. The number of nitrogens with two attached hydrogens (primary N) is 1. The summed E-state index contributed by atoms with van der Waals surface area (Å²) in [5, 5.41) is 0.640. The molecule has 2 N–H and O–H groups in total. The number of halogens is 1. The molecule has 94 valence electrons. The molecule has 0 saturated heterocycles. The van der Waals surface area contributed by atoms with E-state index in [-0.39, 0.29) is 0 Å². The summed E-state index contributed by atoms with van der Waals surface area (Å²) < 4.78 is 11.2. The van der Waals surface area contributed by atoms with Crippen LogP contribution in [-0.4, -0.2) is 13.2 Å². The van der Waals surface area contributed by atoms with Crippen LogP contribution < -0.4 is 15.2 Å². The van der Waals surface area contributed by atoms with Crippen molar-refractivity contribution >= 4 is 11.6 Å². The molecular weight excluding hydrogens is 238 g/mol. The molecule has 0 bridgehead atoms. The van der Waals surface area contributed by atoms with Gasteiger partial charge in [0.05, 0.1) is 13.2 Å². The van der Waals surface area contributed by atoms with Crippen LogP contribution in [0.3, 0.4) is 0 Å². The van der Waals surface area contributed by atoms with E-state index in [1.807, 2.05) is 6.07 Å². The Morgan fingerprint density at radius 3 is 2.59 bits per heavy atom. The van der Waals surface area contributed by atoms with Crippen LogP contribution in [0, 0.1) is 0 Å². The summed E-state index contributed by atoms with van der Waals surface area (Å²) in [4.78, 5) is 0. The highest BCUT2D eigenvalue weighted by Gasteiger charge is 2.19. The first-order chi connectivity index (χ1) is 8.24. The molecule has 0 aromatic heterocycles. The Hall–Kier alpha value is -0.930. The molecule has 1 aliphatic carbocycles. The predicted molar refractivity (Wildman–Crippen MR) is 68.8 cm³/mol. The zero-order valence-corrected chi connectivity index (χ0v) is 10.8. The zero-order chi connectivity index (χ0) is 12.3. The number of benzene rings is 1. The van der Waals surface area contributed by atoms with Crippen LogP contribution in [0.15, 0.2) is 12.1 Å². The fourth-order valence-electron chi connectivity index (χ4n) is 2.17. The van der Waals surface area contributed by atoms with E-state index in [2.05, 4.69) is 0 Å². The summed E-state index contributed by atoms with van der Waals surface area (Å²) in [6.07, 6.45) is 4.99. The Kier molecular flexibility index (Phi) is 4.13. The second-order valence-electron chi connectivity index (χ2n) is 4.32. The minimum atomic E-state index is 0.295. The molecule has 0 unspecified atom stereocenters. The molecule has 0 radical (unpaired) electrons. The topological polar surface area (TPSA) is 44.5 Å². The van der Waals surface area contributed by atoms with Crippen molar-refractivity contribution < 1.29 is 9.47 Å². The van der Waals surface area contributed by atoms with Gasteiger partial charge in [-0.05, 0) is 37.3 Å². The summed E-state index contributed by atoms with van der Waals surface area (Å²) >= 11 is 6.13. The molecule has 17 heavy (non-hydrogen) atoms. The van der Waals surface area contributed by atoms with Crippen molar-refractivity contribution in [2.24, 2.45) is 5.73 Å². The van der Waals surface area contributed by atoms with Gasteiger partial charge in [0.2, 0.25) is 0 Å². The molecular formula is C13H18ClNO2. The second kappa shape index (κ2) is 5.61. The molecule has 2 rings (SSSR count). The van der Waals surface area contributed by atoms with Crippen molar-refractivity contribution in [3.63, 3.8) is 0 Å². The number of hydrogen-bond donors (Lipinski definition) is 1. The van der Waals surface area contributed by atoms with Gasteiger partial charge in [-0.25, -0.2) is 0 Å². The van der Waals surface area contributed by atoms with E-state index in [0.29, 0.717) is 23.4 Å². The van der Waals surface area contributed by atoms with Crippen LogP contribution in [-0.2, 0) is 6.54 Å². The van der Waals surface area contributed by atoms with Gasteiger partial charge in [-0.1, -0.05) is 11.6 Å². The van der Waals surface area contributed by atoms with E-state index in [1.54, 1.807) is 13.2 Å². The van der Waals surface area contributed by atoms with E-state index in [4.69, 9.17) is 26.8 Å². The number of hydrogen-bond acceptors (Lipinski definition) is 3. The lowest BCUT2D eigenvalue weighted by atomic mass is 10.2. The minimum absolute atomic E-state index is 0.295. The van der Waals surface area contributed by atoms with Gasteiger partial charge in [-0.3, -0.25) is 0 Å². The maximum absolute atomic E-state index is 6.13. The van der Waals surface area contributed by atoms with Crippen molar-refractivity contribution in [3.8, 4) is 11.5 Å². The van der Waals surface area contributed by atoms with E-state index in [9.17, 15) is 0 Å². The number of rotatable bonds is 4. The molecule has 0 spiro atoms. The normalized spacial score (nSPS) is 16.2. The quantitative estimate of drug-likeness (QED) is 0.899. The molecule has 1 aliphatic rings. The van der Waals surface area contributed by atoms with Gasteiger partial charge in [0.1, 0.15) is 0 Å². The Balaban J connectivity index is 2.22. The number of methoxy groups -OCH3 is 1. The summed E-state index contributed by atoms with van der Waals surface area (Å²) in [6.45, 7) is 0.402. The van der Waals surface area contributed by atoms with Crippen LogP contribution in [0.5, 0.6) is 11.5 Å². The largest absolute Gasteiger partial charge is 0.493 e. The van der Waals surface area contributed by atoms with Gasteiger partial charge in [0.25, 0.3) is 0 Å². The van der Waals surface area contributed by atoms with Crippen LogP contribution in [0.25, 0.3) is 0 Å². The molecule has 1 fully saturated rings. The maximum Gasteiger partial charge on any atom is 0.163 e. The van der Waals surface area contributed by atoms with Crippen LogP contribution in [0.1, 0.15) is 31.2 Å². The van der Waals surface area contributed by atoms with Crippen molar-refractivity contribution in [2.45, 2.75) is 38.3 Å². The summed E-state index contributed by atoms with van der Waals surface area (Å²) in [7, 11) is 1.63. The fraction of sp³-hybridized carbons (Fsp3) is 0.538. The molecule has 3 nitrogen and oxygen atoms in total. The van der Waals surface area contributed by atoms with Gasteiger partial charge < -0.3 is 15.2 Å². The third-order valence-corrected chi connectivity index (χ3v) is 3.50. The van der Waals surface area contributed by atoms with Crippen molar-refractivity contribution in [3.05, 3.63) is 22.7 Å². The average molecular weight is 256 g/mol. The lowest BCUT2D eigenvalue weighted by Gasteiger charge is -2.17. The lowest BCUT2D eigenvalue weighted by Crippen LogP contribution is -2.12. The third-order valence-electron chi connectivity index (χ3n) is 3.15. The van der Waals surface area contributed by atoms with Crippen LogP contribution >= 0.6 is 11.6 Å². The third kappa shape index (κ3) is 2.85. The Bertz CT molecular complexity index is 389. The van der Waals surface area contributed by atoms with E-state index in [0.717, 1.165) is 24.2 Å². The minimum Gasteiger partial charge on any atom is -0.493 e. The standard InChI is InChI=1S/C13H18ClNO2/c1-16-12-6-9(8-15)11(14)7-13(12)17-10-4-2-3-5-10/h6-7,10H,2-5,8,15H2,1H3. The second-order valence-corrected chi connectivity index (χ2v) is 4.73. The molecule has 1 aromatic rings. The molecule has 4 heteroatoms. The smallest absolute Gasteiger partial charge is 0.163 e.